The van der Waals surface area contributed by atoms with E-state index in [2.05, 4.69) is 42.1 Å². The molecule has 5 aromatic rings. The summed E-state index contributed by atoms with van der Waals surface area (Å²) in [5.41, 5.74) is 8.89. The average Bonchev–Trinajstić information content (AvgIpc) is 2.89. The number of nitrogen functional groups attached to an aromatic ring is 1. The summed E-state index contributed by atoms with van der Waals surface area (Å²) in [5, 5.41) is 3.86. The lowest BCUT2D eigenvalue weighted by atomic mass is 10.1. The van der Waals surface area contributed by atoms with Gasteiger partial charge in [-0.3, -0.25) is 19.3 Å². The lowest BCUT2D eigenvalue weighted by Gasteiger charge is -2.21. The molecule has 10 nitrogen and oxygen atoms in total. The smallest absolute Gasteiger partial charge is 0.266 e. The third-order valence-corrected chi connectivity index (χ3v) is 5.53. The molecule has 0 amide bonds. The first kappa shape index (κ1) is 22.6. The second-order valence-electron chi connectivity index (χ2n) is 7.98. The summed E-state index contributed by atoms with van der Waals surface area (Å²) >= 11 is 0. The van der Waals surface area contributed by atoms with Crippen molar-refractivity contribution < 1.29 is 0 Å². The van der Waals surface area contributed by atoms with Crippen molar-refractivity contribution >= 4 is 22.5 Å². The molecule has 4 heterocycles. The molecular weight excluding hydrogens is 454 g/mol. The third-order valence-electron chi connectivity index (χ3n) is 5.53. The molecule has 5 rings (SSSR count). The summed E-state index contributed by atoms with van der Waals surface area (Å²) < 4.78 is 1.56. The van der Waals surface area contributed by atoms with Crippen molar-refractivity contribution in [1.29, 1.82) is 0 Å². The van der Waals surface area contributed by atoms with Crippen LogP contribution in [0.15, 0.2) is 72.4 Å². The molecule has 0 bridgehead atoms. The zero-order chi connectivity index (χ0) is 25.1. The lowest BCUT2D eigenvalue weighted by molar-refractivity contribution is 0.729. The molecule has 0 saturated heterocycles. The molecule has 1 unspecified atom stereocenters. The van der Waals surface area contributed by atoms with E-state index in [1.165, 1.54) is 6.33 Å². The van der Waals surface area contributed by atoms with Crippen LogP contribution >= 0.6 is 0 Å². The van der Waals surface area contributed by atoms with Crippen molar-refractivity contribution in [2.75, 3.05) is 11.1 Å². The molecule has 0 aliphatic carbocycles. The van der Waals surface area contributed by atoms with E-state index < -0.39 is 6.04 Å². The summed E-state index contributed by atoms with van der Waals surface area (Å²) in [6, 6.07) is 8.73. The van der Waals surface area contributed by atoms with Crippen LogP contribution < -0.4 is 16.6 Å². The van der Waals surface area contributed by atoms with Crippen molar-refractivity contribution in [3.8, 4) is 17.5 Å². The van der Waals surface area contributed by atoms with E-state index in [1.54, 1.807) is 41.6 Å². The van der Waals surface area contributed by atoms with Gasteiger partial charge in [0.05, 0.1) is 35.0 Å². The van der Waals surface area contributed by atoms with E-state index in [4.69, 9.17) is 10.7 Å². The molecule has 0 radical (unpaired) electrons. The van der Waals surface area contributed by atoms with Crippen molar-refractivity contribution in [2.45, 2.75) is 19.9 Å². The van der Waals surface area contributed by atoms with Crippen LogP contribution in [0, 0.1) is 18.8 Å². The fourth-order valence-corrected chi connectivity index (χ4v) is 3.83. The number of hydrogen-bond acceptors (Lipinski definition) is 9. The van der Waals surface area contributed by atoms with E-state index in [9.17, 15) is 4.79 Å². The number of nitrogens with two attached hydrogens (primary N) is 1. The van der Waals surface area contributed by atoms with Gasteiger partial charge in [-0.2, -0.15) is 0 Å². The molecular formula is C26H21N9O. The van der Waals surface area contributed by atoms with Crippen LogP contribution in [0.25, 0.3) is 16.6 Å². The topological polar surface area (TPSA) is 137 Å². The number of nitrogens with zero attached hydrogens (tertiary/aromatic N) is 7. The monoisotopic (exact) mass is 475 g/mol. The van der Waals surface area contributed by atoms with Gasteiger partial charge in [0.25, 0.3) is 5.56 Å². The highest BCUT2D eigenvalue weighted by molar-refractivity contribution is 5.81. The second kappa shape index (κ2) is 9.60. The van der Waals surface area contributed by atoms with Crippen LogP contribution in [-0.2, 0) is 0 Å². The first-order chi connectivity index (χ1) is 17.5. The number of fused-ring (bicyclic) bond motifs is 1. The minimum absolute atomic E-state index is 0.181. The Morgan fingerprint density at radius 2 is 1.86 bits per heavy atom. The molecule has 0 fully saturated rings. The number of rotatable bonds is 4. The molecule has 1 atom stereocenters. The van der Waals surface area contributed by atoms with Crippen LogP contribution in [0.4, 0.5) is 11.6 Å². The van der Waals surface area contributed by atoms with Crippen LogP contribution in [-0.4, -0.2) is 34.5 Å². The van der Waals surface area contributed by atoms with Crippen molar-refractivity contribution in [1.82, 2.24) is 34.5 Å². The van der Waals surface area contributed by atoms with Gasteiger partial charge in [0.2, 0.25) is 0 Å². The number of hydrogen-bond donors (Lipinski definition) is 2. The van der Waals surface area contributed by atoms with E-state index in [0.29, 0.717) is 39.5 Å². The van der Waals surface area contributed by atoms with Gasteiger partial charge in [0, 0.05) is 18.6 Å². The molecule has 0 saturated carbocycles. The van der Waals surface area contributed by atoms with Gasteiger partial charge in [-0.1, -0.05) is 18.1 Å². The second-order valence-corrected chi connectivity index (χ2v) is 7.98. The van der Waals surface area contributed by atoms with Gasteiger partial charge in [-0.05, 0) is 43.5 Å². The molecule has 3 N–H and O–H groups in total. The minimum atomic E-state index is -0.464. The molecule has 1 aromatic carbocycles. The standard InChI is InChI=1S/C26H21N9O/c1-16-5-3-7-21-22(16)26(36)35(19-6-4-10-28-14-19)25(34-21)17(2)33-24-20(23(27)31-15-32-24)9-8-18-13-29-11-12-30-18/h3-7,10-15,17H,1-2H3,(H3,27,31,32,33). The Labute approximate surface area is 206 Å². The quantitative estimate of drug-likeness (QED) is 0.376. The fourth-order valence-electron chi connectivity index (χ4n) is 3.83. The zero-order valence-corrected chi connectivity index (χ0v) is 19.5. The third kappa shape index (κ3) is 4.33. The van der Waals surface area contributed by atoms with E-state index in [0.717, 1.165) is 5.56 Å². The molecule has 4 aromatic heterocycles. The molecule has 0 aliphatic heterocycles. The summed E-state index contributed by atoms with van der Waals surface area (Å²) in [5.74, 6) is 7.01. The molecule has 0 aliphatic rings. The van der Waals surface area contributed by atoms with E-state index in [-0.39, 0.29) is 11.4 Å². The van der Waals surface area contributed by atoms with Gasteiger partial charge in [0.1, 0.15) is 35.0 Å². The van der Waals surface area contributed by atoms with Crippen LogP contribution in [0.2, 0.25) is 0 Å². The Balaban J connectivity index is 1.62. The maximum atomic E-state index is 13.7. The first-order valence-corrected chi connectivity index (χ1v) is 11.1. The number of aromatic nitrogens is 7. The number of aryl methyl sites for hydroxylation is 1. The molecule has 36 heavy (non-hydrogen) atoms. The zero-order valence-electron chi connectivity index (χ0n) is 19.5. The van der Waals surface area contributed by atoms with Crippen LogP contribution in [0.3, 0.4) is 0 Å². The first-order valence-electron chi connectivity index (χ1n) is 11.1. The Morgan fingerprint density at radius 1 is 1.00 bits per heavy atom. The predicted octanol–water partition coefficient (Wildman–Crippen LogP) is 2.82. The van der Waals surface area contributed by atoms with Gasteiger partial charge < -0.3 is 11.1 Å². The highest BCUT2D eigenvalue weighted by atomic mass is 16.1. The van der Waals surface area contributed by atoms with Gasteiger partial charge in [0.15, 0.2) is 0 Å². The number of pyridine rings is 1. The predicted molar refractivity (Wildman–Crippen MR) is 136 cm³/mol. The highest BCUT2D eigenvalue weighted by Crippen LogP contribution is 2.24. The Hall–Kier alpha value is -5.17. The van der Waals surface area contributed by atoms with Crippen molar-refractivity contribution in [3.05, 3.63) is 101 Å². The molecule has 0 spiro atoms. The number of nitrogens with one attached hydrogen (secondary N) is 1. The minimum Gasteiger partial charge on any atom is -0.382 e. The molecule has 10 heteroatoms. The van der Waals surface area contributed by atoms with Gasteiger partial charge >= 0.3 is 0 Å². The van der Waals surface area contributed by atoms with Crippen LogP contribution in [0.5, 0.6) is 0 Å². The van der Waals surface area contributed by atoms with Gasteiger partial charge in [-0.25, -0.2) is 19.9 Å². The number of anilines is 2. The van der Waals surface area contributed by atoms with Crippen molar-refractivity contribution in [2.24, 2.45) is 0 Å². The summed E-state index contributed by atoms with van der Waals surface area (Å²) in [6.45, 7) is 3.78. The largest absolute Gasteiger partial charge is 0.382 e. The van der Waals surface area contributed by atoms with Crippen LogP contribution in [0.1, 0.15) is 35.6 Å². The number of benzene rings is 1. The Morgan fingerprint density at radius 3 is 2.64 bits per heavy atom. The highest BCUT2D eigenvalue weighted by Gasteiger charge is 2.20. The summed E-state index contributed by atoms with van der Waals surface area (Å²) in [7, 11) is 0. The lowest BCUT2D eigenvalue weighted by Crippen LogP contribution is -2.28. The Bertz CT molecular complexity index is 1670. The fraction of sp³-hybridized carbons (Fsp3) is 0.115. The van der Waals surface area contributed by atoms with E-state index in [1.807, 2.05) is 38.1 Å². The summed E-state index contributed by atoms with van der Waals surface area (Å²) in [6.07, 6.45) is 9.31. The van der Waals surface area contributed by atoms with Gasteiger partial charge in [-0.15, -0.1) is 0 Å². The average molecular weight is 476 g/mol. The Kier molecular flexibility index (Phi) is 6.03. The SMILES string of the molecule is Cc1cccc2nc(C(C)Nc3ncnc(N)c3C#Cc3cnccn3)n(-c3cccnc3)c(=O)c12. The van der Waals surface area contributed by atoms with E-state index >= 15 is 0 Å². The van der Waals surface area contributed by atoms with Crippen molar-refractivity contribution in [3.63, 3.8) is 0 Å². The summed E-state index contributed by atoms with van der Waals surface area (Å²) in [4.78, 5) is 39.3. The molecule has 176 valence electrons. The normalized spacial score (nSPS) is 11.5. The maximum absolute atomic E-state index is 13.7. The maximum Gasteiger partial charge on any atom is 0.266 e.